The first-order valence-corrected chi connectivity index (χ1v) is 9.82. The third kappa shape index (κ3) is 5.50. The van der Waals surface area contributed by atoms with Crippen molar-refractivity contribution in [2.45, 2.75) is 65.1 Å². The predicted octanol–water partition coefficient (Wildman–Crippen LogP) is 3.83. The number of piperidine rings is 1. The van der Waals surface area contributed by atoms with Crippen molar-refractivity contribution in [1.82, 2.24) is 4.90 Å². The van der Waals surface area contributed by atoms with Crippen LogP contribution in [0.5, 0.6) is 11.5 Å². The minimum atomic E-state index is -0.835. The number of carbonyl (C=O) groups excluding carboxylic acids is 2. The molecular weight excluding hydrogens is 358 g/mol. The molecule has 1 fully saturated rings. The molecule has 1 aromatic rings. The molecule has 1 aliphatic heterocycles. The van der Waals surface area contributed by atoms with Crippen LogP contribution < -0.4 is 9.47 Å². The Morgan fingerprint density at radius 2 is 1.89 bits per heavy atom. The molecule has 1 heterocycles. The maximum absolute atomic E-state index is 12.7. The molecule has 1 aromatic carbocycles. The lowest BCUT2D eigenvalue weighted by Crippen LogP contribution is -2.51. The predicted molar refractivity (Wildman–Crippen MR) is 108 cm³/mol. The summed E-state index contributed by atoms with van der Waals surface area (Å²) in [6.07, 6.45) is 6.10. The minimum absolute atomic E-state index is 0.152. The maximum Gasteiger partial charge on any atom is 0.344 e. The summed E-state index contributed by atoms with van der Waals surface area (Å²) in [7, 11) is 1.54. The number of benzene rings is 1. The van der Waals surface area contributed by atoms with Gasteiger partial charge in [0.15, 0.2) is 24.2 Å². The summed E-state index contributed by atoms with van der Waals surface area (Å²) in [6, 6.07) is 5.76. The fourth-order valence-corrected chi connectivity index (χ4v) is 3.58. The van der Waals surface area contributed by atoms with E-state index in [0.29, 0.717) is 11.5 Å². The molecule has 0 saturated carbocycles. The number of carbonyl (C=O) groups is 2. The zero-order valence-electron chi connectivity index (χ0n) is 17.4. The zero-order chi connectivity index (χ0) is 20.7. The van der Waals surface area contributed by atoms with Gasteiger partial charge in [-0.1, -0.05) is 18.2 Å². The van der Waals surface area contributed by atoms with E-state index < -0.39 is 12.1 Å². The number of esters is 1. The molecule has 0 aliphatic carbocycles. The number of amides is 1. The van der Waals surface area contributed by atoms with Crippen LogP contribution >= 0.6 is 0 Å². The number of nitrogens with zero attached hydrogens (tertiary/aromatic N) is 1. The van der Waals surface area contributed by atoms with Crippen molar-refractivity contribution in [2.24, 2.45) is 0 Å². The highest BCUT2D eigenvalue weighted by Crippen LogP contribution is 2.28. The lowest BCUT2D eigenvalue weighted by Gasteiger charge is -2.40. The Kier molecular flexibility index (Phi) is 7.91. The van der Waals surface area contributed by atoms with Gasteiger partial charge in [0, 0.05) is 12.1 Å². The van der Waals surface area contributed by atoms with Gasteiger partial charge < -0.3 is 19.1 Å². The summed E-state index contributed by atoms with van der Waals surface area (Å²) >= 11 is 0. The highest BCUT2D eigenvalue weighted by Gasteiger charge is 2.33. The number of likely N-dealkylation sites (tertiary alicyclic amines) is 1. The average molecular weight is 389 g/mol. The van der Waals surface area contributed by atoms with Gasteiger partial charge in [0.05, 0.1) is 7.11 Å². The Labute approximate surface area is 167 Å². The lowest BCUT2D eigenvalue weighted by molar-refractivity contribution is -0.163. The third-order valence-electron chi connectivity index (χ3n) is 5.00. The summed E-state index contributed by atoms with van der Waals surface area (Å²) in [4.78, 5) is 26.7. The Balaban J connectivity index is 1.92. The van der Waals surface area contributed by atoms with E-state index in [4.69, 9.17) is 14.2 Å². The van der Waals surface area contributed by atoms with E-state index in [-0.39, 0.29) is 24.6 Å². The van der Waals surface area contributed by atoms with Crippen LogP contribution in [0.1, 0.15) is 52.5 Å². The number of ether oxygens (including phenoxy) is 3. The molecule has 0 bridgehead atoms. The van der Waals surface area contributed by atoms with Crippen LogP contribution in [0.2, 0.25) is 0 Å². The van der Waals surface area contributed by atoms with E-state index >= 15 is 0 Å². The van der Waals surface area contributed by atoms with E-state index in [0.717, 1.165) is 24.8 Å². The van der Waals surface area contributed by atoms with Crippen molar-refractivity contribution >= 4 is 18.0 Å². The Hall–Kier alpha value is -2.50. The summed E-state index contributed by atoms with van der Waals surface area (Å²) in [6.45, 7) is 7.33. The molecule has 2 rings (SSSR count). The fraction of sp³-hybridized carbons (Fsp3) is 0.545. The lowest BCUT2D eigenvalue weighted by atomic mass is 9.97. The van der Waals surface area contributed by atoms with E-state index in [1.165, 1.54) is 0 Å². The van der Waals surface area contributed by atoms with Gasteiger partial charge in [0.1, 0.15) is 0 Å². The molecule has 0 unspecified atom stereocenters. The summed E-state index contributed by atoms with van der Waals surface area (Å²) in [5.41, 5.74) is 0.971. The van der Waals surface area contributed by atoms with Gasteiger partial charge in [-0.25, -0.2) is 4.79 Å². The molecule has 154 valence electrons. The second-order valence-electron chi connectivity index (χ2n) is 7.21. The molecule has 1 saturated heterocycles. The van der Waals surface area contributed by atoms with Gasteiger partial charge in [-0.15, -0.1) is 0 Å². The molecule has 1 aliphatic rings. The van der Waals surface area contributed by atoms with Crippen LogP contribution in [0.15, 0.2) is 24.3 Å². The number of rotatable bonds is 7. The summed E-state index contributed by atoms with van der Waals surface area (Å²) in [5.74, 6) is 0.243. The number of hydrogen-bond donors (Lipinski definition) is 0. The van der Waals surface area contributed by atoms with Gasteiger partial charge >= 0.3 is 5.97 Å². The molecule has 0 N–H and O–H groups in total. The fourth-order valence-electron chi connectivity index (χ4n) is 3.58. The van der Waals surface area contributed by atoms with Crippen molar-refractivity contribution in [2.75, 3.05) is 13.7 Å². The first-order chi connectivity index (χ1) is 13.4. The zero-order valence-corrected chi connectivity index (χ0v) is 17.4. The molecule has 0 radical (unpaired) electrons. The van der Waals surface area contributed by atoms with Crippen molar-refractivity contribution in [3.63, 3.8) is 0 Å². The van der Waals surface area contributed by atoms with Crippen molar-refractivity contribution in [3.05, 3.63) is 29.8 Å². The van der Waals surface area contributed by atoms with Gasteiger partial charge in [0.25, 0.3) is 5.91 Å². The molecule has 0 aromatic heterocycles. The van der Waals surface area contributed by atoms with Crippen LogP contribution in [-0.4, -0.2) is 48.7 Å². The average Bonchev–Trinajstić information content (AvgIpc) is 2.66. The van der Waals surface area contributed by atoms with Crippen LogP contribution in [0.4, 0.5) is 0 Å². The Morgan fingerprint density at radius 1 is 1.21 bits per heavy atom. The highest BCUT2D eigenvalue weighted by atomic mass is 16.6. The minimum Gasteiger partial charge on any atom is -0.493 e. The first-order valence-electron chi connectivity index (χ1n) is 9.82. The van der Waals surface area contributed by atoms with Crippen LogP contribution in [-0.2, 0) is 14.3 Å². The van der Waals surface area contributed by atoms with E-state index in [1.54, 1.807) is 20.1 Å². The topological polar surface area (TPSA) is 65.1 Å². The summed E-state index contributed by atoms with van der Waals surface area (Å²) < 4.78 is 16.2. The molecule has 1 amide bonds. The molecule has 0 spiro atoms. The summed E-state index contributed by atoms with van der Waals surface area (Å²) in [5, 5.41) is 0. The molecular formula is C22H31NO5. The Bertz CT molecular complexity index is 705. The van der Waals surface area contributed by atoms with Crippen molar-refractivity contribution in [1.29, 1.82) is 0 Å². The quantitative estimate of drug-likeness (QED) is 0.663. The van der Waals surface area contributed by atoms with Crippen molar-refractivity contribution in [3.8, 4) is 11.5 Å². The van der Waals surface area contributed by atoms with E-state index in [1.807, 2.05) is 50.0 Å². The van der Waals surface area contributed by atoms with Crippen LogP contribution in [0.3, 0.4) is 0 Å². The number of hydrogen-bond acceptors (Lipinski definition) is 5. The SMILES string of the molecule is C/C=C/c1ccc(OCC(=O)O[C@@H](C)C(=O)N2[C@H](C)CCC[C@@H]2C)c(OC)c1. The largest absolute Gasteiger partial charge is 0.493 e. The van der Waals surface area contributed by atoms with Gasteiger partial charge in [-0.3, -0.25) is 4.79 Å². The third-order valence-corrected chi connectivity index (χ3v) is 5.00. The van der Waals surface area contributed by atoms with Crippen LogP contribution in [0, 0.1) is 0 Å². The second-order valence-corrected chi connectivity index (χ2v) is 7.21. The van der Waals surface area contributed by atoms with Gasteiger partial charge in [0.2, 0.25) is 0 Å². The molecule has 6 nitrogen and oxygen atoms in total. The second kappa shape index (κ2) is 10.2. The number of allylic oxidation sites excluding steroid dienone is 1. The Morgan fingerprint density at radius 3 is 2.50 bits per heavy atom. The highest BCUT2D eigenvalue weighted by molar-refractivity contribution is 5.84. The monoisotopic (exact) mass is 389 g/mol. The van der Waals surface area contributed by atoms with E-state index in [9.17, 15) is 9.59 Å². The normalized spacial score (nSPS) is 20.7. The molecule has 6 heteroatoms. The van der Waals surface area contributed by atoms with E-state index in [2.05, 4.69) is 0 Å². The number of methoxy groups -OCH3 is 1. The van der Waals surface area contributed by atoms with Crippen molar-refractivity contribution < 1.29 is 23.8 Å². The maximum atomic E-state index is 12.7. The first kappa shape index (κ1) is 21.8. The van der Waals surface area contributed by atoms with Gasteiger partial charge in [-0.2, -0.15) is 0 Å². The molecule has 3 atom stereocenters. The molecule has 28 heavy (non-hydrogen) atoms. The standard InChI is InChI=1S/C22H31NO5/c1-6-8-18-11-12-19(20(13-18)26-5)27-14-21(24)28-17(4)22(25)23-15(2)9-7-10-16(23)3/h6,8,11-13,15-17H,7,9-10,14H2,1-5H3/b8-6+/t15-,16+,17-/m0/s1. The van der Waals surface area contributed by atoms with Crippen LogP contribution in [0.25, 0.3) is 6.08 Å². The van der Waals surface area contributed by atoms with Gasteiger partial charge in [-0.05, 0) is 64.7 Å². The smallest absolute Gasteiger partial charge is 0.344 e.